The van der Waals surface area contributed by atoms with Crippen molar-refractivity contribution in [1.29, 1.82) is 0 Å². The maximum atomic E-state index is 12.3. The molecule has 5 heteroatoms. The Labute approximate surface area is 131 Å². The van der Waals surface area contributed by atoms with E-state index in [0.29, 0.717) is 22.4 Å². The summed E-state index contributed by atoms with van der Waals surface area (Å²) >= 11 is 13.9. The SMILES string of the molecule is O=C(c1ccc(I)c(Cl)c1)N1CCC(CCCl)C1. The van der Waals surface area contributed by atoms with Crippen LogP contribution in [-0.2, 0) is 0 Å². The highest BCUT2D eigenvalue weighted by Gasteiger charge is 2.26. The summed E-state index contributed by atoms with van der Waals surface area (Å²) in [6.45, 7) is 1.64. The molecule has 2 nitrogen and oxygen atoms in total. The Bertz CT molecular complexity index is 453. The van der Waals surface area contributed by atoms with E-state index < -0.39 is 0 Å². The quantitative estimate of drug-likeness (QED) is 0.556. The highest BCUT2D eigenvalue weighted by Crippen LogP contribution is 2.24. The second-order valence-electron chi connectivity index (χ2n) is 4.51. The molecule has 18 heavy (non-hydrogen) atoms. The van der Waals surface area contributed by atoms with Gasteiger partial charge in [-0.1, -0.05) is 11.6 Å². The first-order valence-corrected chi connectivity index (χ1v) is 7.91. The second-order valence-corrected chi connectivity index (χ2v) is 6.46. The standard InChI is InChI=1S/C13H14Cl2INO/c14-5-3-9-4-6-17(8-9)13(18)10-1-2-12(16)11(15)7-10/h1-2,7,9H,3-6,8H2. The minimum absolute atomic E-state index is 0.0744. The van der Waals surface area contributed by atoms with E-state index in [4.69, 9.17) is 23.2 Å². The van der Waals surface area contributed by atoms with Gasteiger partial charge in [0, 0.05) is 28.1 Å². The summed E-state index contributed by atoms with van der Waals surface area (Å²) in [4.78, 5) is 14.2. The maximum absolute atomic E-state index is 12.3. The predicted molar refractivity (Wildman–Crippen MR) is 83.5 cm³/mol. The molecule has 1 fully saturated rings. The molecule has 1 unspecified atom stereocenters. The van der Waals surface area contributed by atoms with Gasteiger partial charge in [-0.25, -0.2) is 0 Å². The molecule has 0 aromatic heterocycles. The third-order valence-corrected chi connectivity index (χ3v) is 5.05. The molecular weight excluding hydrogens is 384 g/mol. The molecule has 0 N–H and O–H groups in total. The van der Waals surface area contributed by atoms with Gasteiger partial charge < -0.3 is 4.90 Å². The monoisotopic (exact) mass is 397 g/mol. The van der Waals surface area contributed by atoms with Crippen molar-refractivity contribution < 1.29 is 4.79 Å². The minimum atomic E-state index is 0.0744. The van der Waals surface area contributed by atoms with Crippen molar-refractivity contribution in [2.24, 2.45) is 5.92 Å². The van der Waals surface area contributed by atoms with Gasteiger partial charge >= 0.3 is 0 Å². The van der Waals surface area contributed by atoms with Crippen molar-refractivity contribution in [2.45, 2.75) is 12.8 Å². The molecule has 0 bridgehead atoms. The van der Waals surface area contributed by atoms with Crippen molar-refractivity contribution in [3.8, 4) is 0 Å². The number of benzene rings is 1. The highest BCUT2D eigenvalue weighted by atomic mass is 127. The summed E-state index contributed by atoms with van der Waals surface area (Å²) in [5, 5.41) is 0.637. The number of hydrogen-bond donors (Lipinski definition) is 0. The first kappa shape index (κ1) is 14.4. The highest BCUT2D eigenvalue weighted by molar-refractivity contribution is 14.1. The van der Waals surface area contributed by atoms with Crippen LogP contribution in [0.15, 0.2) is 18.2 Å². The van der Waals surface area contributed by atoms with Crippen LogP contribution >= 0.6 is 45.8 Å². The molecule has 1 atom stereocenters. The summed E-state index contributed by atoms with van der Waals surface area (Å²) in [6, 6.07) is 5.47. The number of carbonyl (C=O) groups excluding carboxylic acids is 1. The summed E-state index contributed by atoms with van der Waals surface area (Å²) in [5.41, 5.74) is 0.673. The van der Waals surface area contributed by atoms with Gasteiger partial charge in [0.1, 0.15) is 0 Å². The van der Waals surface area contributed by atoms with Gasteiger partial charge in [0.15, 0.2) is 0 Å². The molecule has 2 rings (SSSR count). The van der Waals surface area contributed by atoms with E-state index in [0.717, 1.165) is 29.5 Å². The Morgan fingerprint density at radius 2 is 2.28 bits per heavy atom. The van der Waals surface area contributed by atoms with E-state index in [-0.39, 0.29) is 5.91 Å². The zero-order chi connectivity index (χ0) is 13.1. The van der Waals surface area contributed by atoms with Crippen molar-refractivity contribution >= 4 is 51.7 Å². The molecule has 1 aliphatic rings. The first-order chi connectivity index (χ1) is 8.61. The molecule has 1 aliphatic heterocycles. The first-order valence-electron chi connectivity index (χ1n) is 5.92. The topological polar surface area (TPSA) is 20.3 Å². The number of alkyl halides is 1. The molecule has 1 aromatic carbocycles. The Balaban J connectivity index is 2.05. The lowest BCUT2D eigenvalue weighted by atomic mass is 10.1. The largest absolute Gasteiger partial charge is 0.338 e. The normalized spacial score (nSPS) is 19.3. The molecule has 1 aromatic rings. The zero-order valence-electron chi connectivity index (χ0n) is 9.83. The van der Waals surface area contributed by atoms with Gasteiger partial charge in [-0.15, -0.1) is 11.6 Å². The van der Waals surface area contributed by atoms with Gasteiger partial charge in [0.25, 0.3) is 5.91 Å². The third kappa shape index (κ3) is 3.31. The van der Waals surface area contributed by atoms with Crippen LogP contribution in [0.5, 0.6) is 0 Å². The molecular formula is C13H14Cl2INO. The van der Waals surface area contributed by atoms with Crippen LogP contribution in [0.1, 0.15) is 23.2 Å². The van der Waals surface area contributed by atoms with Gasteiger partial charge in [-0.3, -0.25) is 4.79 Å². The Kier molecular flexibility index (Phi) is 5.15. The van der Waals surface area contributed by atoms with Crippen LogP contribution < -0.4 is 0 Å². The van der Waals surface area contributed by atoms with Gasteiger partial charge in [-0.2, -0.15) is 0 Å². The lowest BCUT2D eigenvalue weighted by Crippen LogP contribution is -2.28. The van der Waals surface area contributed by atoms with E-state index >= 15 is 0 Å². The van der Waals surface area contributed by atoms with Crippen LogP contribution in [0, 0.1) is 9.49 Å². The van der Waals surface area contributed by atoms with Gasteiger partial charge in [0.2, 0.25) is 0 Å². The maximum Gasteiger partial charge on any atom is 0.253 e. The number of carbonyl (C=O) groups is 1. The molecule has 0 aliphatic carbocycles. The summed E-state index contributed by atoms with van der Waals surface area (Å²) in [7, 11) is 0. The Morgan fingerprint density at radius 3 is 2.94 bits per heavy atom. The molecule has 1 heterocycles. The van der Waals surface area contributed by atoms with E-state index in [9.17, 15) is 4.79 Å². The second kappa shape index (κ2) is 6.44. The molecule has 0 radical (unpaired) electrons. The predicted octanol–water partition coefficient (Wildman–Crippen LogP) is 4.04. The van der Waals surface area contributed by atoms with Crippen molar-refractivity contribution in [3.63, 3.8) is 0 Å². The van der Waals surface area contributed by atoms with Crippen LogP contribution in [0.25, 0.3) is 0 Å². The molecule has 0 spiro atoms. The Morgan fingerprint density at radius 1 is 1.50 bits per heavy atom. The van der Waals surface area contributed by atoms with Crippen molar-refractivity contribution in [3.05, 3.63) is 32.4 Å². The van der Waals surface area contributed by atoms with E-state index in [1.54, 1.807) is 6.07 Å². The third-order valence-electron chi connectivity index (χ3n) is 3.26. The van der Waals surface area contributed by atoms with E-state index in [1.165, 1.54) is 0 Å². The zero-order valence-corrected chi connectivity index (χ0v) is 13.5. The minimum Gasteiger partial charge on any atom is -0.338 e. The van der Waals surface area contributed by atoms with Crippen LogP contribution in [0.3, 0.4) is 0 Å². The lowest BCUT2D eigenvalue weighted by Gasteiger charge is -2.16. The van der Waals surface area contributed by atoms with Crippen LogP contribution in [0.4, 0.5) is 0 Å². The lowest BCUT2D eigenvalue weighted by molar-refractivity contribution is 0.0787. The fraction of sp³-hybridized carbons (Fsp3) is 0.462. The van der Waals surface area contributed by atoms with Gasteiger partial charge in [0.05, 0.1) is 5.02 Å². The van der Waals surface area contributed by atoms with Crippen LogP contribution in [-0.4, -0.2) is 29.8 Å². The number of hydrogen-bond acceptors (Lipinski definition) is 1. The van der Waals surface area contributed by atoms with Gasteiger partial charge in [-0.05, 0) is 59.5 Å². The molecule has 0 saturated carbocycles. The number of halogens is 3. The smallest absolute Gasteiger partial charge is 0.253 e. The fourth-order valence-corrected chi connectivity index (χ4v) is 3.04. The van der Waals surface area contributed by atoms with Crippen molar-refractivity contribution in [1.82, 2.24) is 4.90 Å². The molecule has 98 valence electrons. The Hall–Kier alpha value is -0.000000000000000167. The fourth-order valence-electron chi connectivity index (χ4n) is 2.22. The molecule has 1 saturated heterocycles. The van der Waals surface area contributed by atoms with Crippen LogP contribution in [0.2, 0.25) is 5.02 Å². The summed E-state index contributed by atoms with van der Waals surface area (Å²) < 4.78 is 0.965. The average molecular weight is 398 g/mol. The summed E-state index contributed by atoms with van der Waals surface area (Å²) in [6.07, 6.45) is 2.04. The number of nitrogens with zero attached hydrogens (tertiary/aromatic N) is 1. The number of likely N-dealkylation sites (tertiary alicyclic amines) is 1. The van der Waals surface area contributed by atoms with Crippen molar-refractivity contribution in [2.75, 3.05) is 19.0 Å². The molecule has 1 amide bonds. The summed E-state index contributed by atoms with van der Waals surface area (Å²) in [5.74, 6) is 1.29. The van der Waals surface area contributed by atoms with E-state index in [1.807, 2.05) is 17.0 Å². The number of rotatable bonds is 3. The number of amides is 1. The average Bonchev–Trinajstić information content (AvgIpc) is 2.81. The van der Waals surface area contributed by atoms with E-state index in [2.05, 4.69) is 22.6 Å².